The topological polar surface area (TPSA) is 58.2 Å². The minimum absolute atomic E-state index is 0.0253. The standard InChI is InChI=1S/C16H20N2O2S/c1-13(17-2)15-8-10-16(11-9-15)18-21(19,20)12-14-6-4-3-5-7-14/h3-11,13,17-18H,12H2,1-2H3. The molecule has 0 radical (unpaired) electrons. The van der Waals surface area contributed by atoms with Gasteiger partial charge in [-0.25, -0.2) is 8.42 Å². The highest BCUT2D eigenvalue weighted by molar-refractivity contribution is 7.91. The first kappa shape index (κ1) is 15.5. The average molecular weight is 304 g/mol. The highest BCUT2D eigenvalue weighted by atomic mass is 32.2. The Hall–Kier alpha value is -1.85. The zero-order valence-electron chi connectivity index (χ0n) is 12.2. The Morgan fingerprint density at radius 3 is 2.19 bits per heavy atom. The molecule has 0 amide bonds. The van der Waals surface area contributed by atoms with Crippen LogP contribution in [0.4, 0.5) is 5.69 Å². The summed E-state index contributed by atoms with van der Waals surface area (Å²) in [5.41, 5.74) is 2.46. The lowest BCUT2D eigenvalue weighted by molar-refractivity contribution is 0.600. The Balaban J connectivity index is 2.06. The second kappa shape index (κ2) is 6.74. The summed E-state index contributed by atoms with van der Waals surface area (Å²) >= 11 is 0. The second-order valence-electron chi connectivity index (χ2n) is 4.98. The van der Waals surface area contributed by atoms with Crippen LogP contribution in [0.1, 0.15) is 24.1 Å². The smallest absolute Gasteiger partial charge is 0.236 e. The summed E-state index contributed by atoms with van der Waals surface area (Å²) in [6.45, 7) is 2.05. The van der Waals surface area contributed by atoms with E-state index in [2.05, 4.69) is 17.0 Å². The number of nitrogens with one attached hydrogen (secondary N) is 2. The lowest BCUT2D eigenvalue weighted by Gasteiger charge is -2.12. The van der Waals surface area contributed by atoms with Gasteiger partial charge in [-0.05, 0) is 37.2 Å². The van der Waals surface area contributed by atoms with Gasteiger partial charge in [0.05, 0.1) is 5.75 Å². The molecule has 1 atom stereocenters. The van der Waals surface area contributed by atoms with Gasteiger partial charge in [0.15, 0.2) is 0 Å². The molecule has 2 aromatic carbocycles. The molecule has 0 aliphatic carbocycles. The Morgan fingerprint density at radius 2 is 1.62 bits per heavy atom. The van der Waals surface area contributed by atoms with Crippen LogP contribution in [0.5, 0.6) is 0 Å². The van der Waals surface area contributed by atoms with Crippen LogP contribution < -0.4 is 10.0 Å². The van der Waals surface area contributed by atoms with Gasteiger partial charge in [-0.15, -0.1) is 0 Å². The maximum atomic E-state index is 12.1. The van der Waals surface area contributed by atoms with Gasteiger partial charge >= 0.3 is 0 Å². The molecule has 4 nitrogen and oxygen atoms in total. The molecule has 2 aromatic rings. The molecule has 0 saturated carbocycles. The van der Waals surface area contributed by atoms with Gasteiger partial charge < -0.3 is 5.32 Å². The van der Waals surface area contributed by atoms with Crippen molar-refractivity contribution >= 4 is 15.7 Å². The molecule has 0 aliphatic heterocycles. The predicted octanol–water partition coefficient (Wildman–Crippen LogP) is 2.91. The van der Waals surface area contributed by atoms with Crippen molar-refractivity contribution in [3.63, 3.8) is 0 Å². The lowest BCUT2D eigenvalue weighted by atomic mass is 10.1. The second-order valence-corrected chi connectivity index (χ2v) is 6.70. The van der Waals surface area contributed by atoms with Crippen molar-refractivity contribution in [2.24, 2.45) is 0 Å². The van der Waals surface area contributed by atoms with Crippen molar-refractivity contribution in [3.05, 3.63) is 65.7 Å². The van der Waals surface area contributed by atoms with Crippen molar-refractivity contribution in [1.82, 2.24) is 5.32 Å². The van der Waals surface area contributed by atoms with Crippen LogP contribution in [0.15, 0.2) is 54.6 Å². The van der Waals surface area contributed by atoms with E-state index in [0.717, 1.165) is 11.1 Å². The van der Waals surface area contributed by atoms with Crippen molar-refractivity contribution < 1.29 is 8.42 Å². The number of hydrogen-bond acceptors (Lipinski definition) is 3. The van der Waals surface area contributed by atoms with E-state index in [1.807, 2.05) is 37.4 Å². The van der Waals surface area contributed by atoms with E-state index in [1.165, 1.54) is 0 Å². The molecule has 0 bridgehead atoms. The first-order valence-corrected chi connectivity index (χ1v) is 8.47. The third-order valence-electron chi connectivity index (χ3n) is 3.32. The molecular formula is C16H20N2O2S. The summed E-state index contributed by atoms with van der Waals surface area (Å²) in [4.78, 5) is 0. The van der Waals surface area contributed by atoms with Crippen molar-refractivity contribution in [3.8, 4) is 0 Å². The van der Waals surface area contributed by atoms with Crippen LogP contribution in [-0.4, -0.2) is 15.5 Å². The van der Waals surface area contributed by atoms with E-state index in [4.69, 9.17) is 0 Å². The van der Waals surface area contributed by atoms with Gasteiger partial charge in [-0.2, -0.15) is 0 Å². The molecule has 5 heteroatoms. The molecule has 0 saturated heterocycles. The van der Waals surface area contributed by atoms with E-state index >= 15 is 0 Å². The predicted molar refractivity (Wildman–Crippen MR) is 86.6 cm³/mol. The zero-order valence-corrected chi connectivity index (χ0v) is 13.0. The van der Waals surface area contributed by atoms with Crippen molar-refractivity contribution in [1.29, 1.82) is 0 Å². The molecule has 21 heavy (non-hydrogen) atoms. The normalized spacial score (nSPS) is 12.9. The zero-order chi connectivity index (χ0) is 15.3. The number of rotatable bonds is 6. The molecule has 2 N–H and O–H groups in total. The first-order chi connectivity index (χ1) is 10.00. The van der Waals surface area contributed by atoms with E-state index in [1.54, 1.807) is 24.3 Å². The van der Waals surface area contributed by atoms with Gasteiger partial charge in [0.1, 0.15) is 0 Å². The molecule has 2 rings (SSSR count). The van der Waals surface area contributed by atoms with Gasteiger partial charge in [-0.1, -0.05) is 42.5 Å². The van der Waals surface area contributed by atoms with Gasteiger partial charge in [0.25, 0.3) is 0 Å². The summed E-state index contributed by atoms with van der Waals surface area (Å²) in [5, 5.41) is 3.14. The lowest BCUT2D eigenvalue weighted by Crippen LogP contribution is -2.15. The number of sulfonamides is 1. The first-order valence-electron chi connectivity index (χ1n) is 6.82. The fourth-order valence-corrected chi connectivity index (χ4v) is 3.21. The quantitative estimate of drug-likeness (QED) is 0.862. The van der Waals surface area contributed by atoms with Gasteiger partial charge in [-0.3, -0.25) is 4.72 Å². The summed E-state index contributed by atoms with van der Waals surface area (Å²) in [6, 6.07) is 16.8. The molecule has 0 spiro atoms. The van der Waals surface area contributed by atoms with Crippen LogP contribution in [-0.2, 0) is 15.8 Å². The van der Waals surface area contributed by atoms with Gasteiger partial charge in [0, 0.05) is 11.7 Å². The summed E-state index contributed by atoms with van der Waals surface area (Å²) < 4.78 is 26.8. The molecule has 112 valence electrons. The molecule has 1 unspecified atom stereocenters. The van der Waals surface area contributed by atoms with E-state index in [-0.39, 0.29) is 11.8 Å². The van der Waals surface area contributed by atoms with Crippen molar-refractivity contribution in [2.75, 3.05) is 11.8 Å². The number of hydrogen-bond donors (Lipinski definition) is 2. The van der Waals surface area contributed by atoms with Gasteiger partial charge in [0.2, 0.25) is 10.0 Å². The minimum Gasteiger partial charge on any atom is -0.313 e. The van der Waals surface area contributed by atoms with E-state index < -0.39 is 10.0 Å². The third kappa shape index (κ3) is 4.58. The summed E-state index contributed by atoms with van der Waals surface area (Å²) in [6.07, 6.45) is 0. The van der Waals surface area contributed by atoms with E-state index in [0.29, 0.717) is 5.69 Å². The minimum atomic E-state index is -3.39. The number of benzene rings is 2. The fraction of sp³-hybridized carbons (Fsp3) is 0.250. The Morgan fingerprint density at radius 1 is 1.00 bits per heavy atom. The monoisotopic (exact) mass is 304 g/mol. The summed E-state index contributed by atoms with van der Waals surface area (Å²) in [7, 11) is -1.50. The average Bonchev–Trinajstić information content (AvgIpc) is 2.47. The van der Waals surface area contributed by atoms with Crippen LogP contribution in [0.3, 0.4) is 0 Å². The highest BCUT2D eigenvalue weighted by Crippen LogP contribution is 2.17. The van der Waals surface area contributed by atoms with Crippen LogP contribution in [0.25, 0.3) is 0 Å². The third-order valence-corrected chi connectivity index (χ3v) is 4.58. The molecule has 0 aliphatic rings. The maximum absolute atomic E-state index is 12.1. The largest absolute Gasteiger partial charge is 0.313 e. The highest BCUT2D eigenvalue weighted by Gasteiger charge is 2.11. The SMILES string of the molecule is CNC(C)c1ccc(NS(=O)(=O)Cc2ccccc2)cc1. The number of anilines is 1. The molecular weight excluding hydrogens is 284 g/mol. The fourth-order valence-electron chi connectivity index (χ4n) is 2.02. The summed E-state index contributed by atoms with van der Waals surface area (Å²) in [5.74, 6) is -0.0253. The van der Waals surface area contributed by atoms with Crippen molar-refractivity contribution in [2.45, 2.75) is 18.7 Å². The Bertz CT molecular complexity index is 667. The van der Waals surface area contributed by atoms with E-state index in [9.17, 15) is 8.42 Å². The van der Waals surface area contributed by atoms with Crippen LogP contribution in [0.2, 0.25) is 0 Å². The molecule has 0 aromatic heterocycles. The van der Waals surface area contributed by atoms with Crippen LogP contribution >= 0.6 is 0 Å². The molecule has 0 heterocycles. The Labute approximate surface area is 126 Å². The maximum Gasteiger partial charge on any atom is 0.236 e. The van der Waals surface area contributed by atoms with Crippen LogP contribution in [0, 0.1) is 0 Å². The Kier molecular flexibility index (Phi) is 4.98. The molecule has 0 fully saturated rings.